The number of carbonyl (C=O) groups is 1. The van der Waals surface area contributed by atoms with Crippen LogP contribution in [0.4, 0.5) is 0 Å². The number of rotatable bonds is 4. The average Bonchev–Trinajstić information content (AvgIpc) is 2.30. The zero-order valence-corrected chi connectivity index (χ0v) is 10.4. The Bertz CT molecular complexity index is 400. The van der Waals surface area contributed by atoms with E-state index < -0.39 is 0 Å². The van der Waals surface area contributed by atoms with Gasteiger partial charge in [-0.15, -0.1) is 0 Å². The molecule has 3 nitrogen and oxygen atoms in total. The number of benzene rings is 1. The van der Waals surface area contributed by atoms with Gasteiger partial charge in [0.25, 0.3) is 5.91 Å². The van der Waals surface area contributed by atoms with Crippen molar-refractivity contribution < 1.29 is 4.79 Å². The summed E-state index contributed by atoms with van der Waals surface area (Å²) < 4.78 is 0. The first-order chi connectivity index (χ1) is 7.60. The molecule has 0 fully saturated rings. The number of amides is 1. The first kappa shape index (κ1) is 12.6. The van der Waals surface area contributed by atoms with E-state index in [1.54, 1.807) is 29.2 Å². The van der Waals surface area contributed by atoms with Crippen LogP contribution in [0.15, 0.2) is 24.3 Å². The van der Waals surface area contributed by atoms with Crippen LogP contribution >= 0.6 is 12.2 Å². The molecule has 86 valence electrons. The number of thiocarbonyl (C=S) groups is 1. The van der Waals surface area contributed by atoms with E-state index in [1.165, 1.54) is 0 Å². The minimum Gasteiger partial charge on any atom is -0.389 e. The van der Waals surface area contributed by atoms with Gasteiger partial charge in [0.05, 0.1) is 0 Å². The standard InChI is InChI=1S/C12H16N2OS/c1-3-14(4-2)12(15)10-7-5-6-9(8-10)11(13)16/h5-8H,3-4H2,1-2H3,(H2,13,16). The topological polar surface area (TPSA) is 46.3 Å². The van der Waals surface area contributed by atoms with Gasteiger partial charge in [-0.25, -0.2) is 0 Å². The molecule has 2 N–H and O–H groups in total. The van der Waals surface area contributed by atoms with Crippen LogP contribution in [-0.4, -0.2) is 28.9 Å². The summed E-state index contributed by atoms with van der Waals surface area (Å²) in [5.74, 6) is 0.0168. The lowest BCUT2D eigenvalue weighted by atomic mass is 10.1. The molecule has 1 aromatic carbocycles. The zero-order chi connectivity index (χ0) is 12.1. The normalized spacial score (nSPS) is 9.88. The van der Waals surface area contributed by atoms with E-state index in [4.69, 9.17) is 18.0 Å². The molecule has 1 rings (SSSR count). The molecule has 4 heteroatoms. The lowest BCUT2D eigenvalue weighted by Crippen LogP contribution is -2.30. The SMILES string of the molecule is CCN(CC)C(=O)c1cccc(C(N)=S)c1. The number of carbonyl (C=O) groups excluding carboxylic acids is 1. The second kappa shape index (κ2) is 5.61. The van der Waals surface area contributed by atoms with E-state index >= 15 is 0 Å². The van der Waals surface area contributed by atoms with Crippen LogP contribution < -0.4 is 5.73 Å². The Morgan fingerprint density at radius 3 is 2.38 bits per heavy atom. The lowest BCUT2D eigenvalue weighted by molar-refractivity contribution is 0.0773. The van der Waals surface area contributed by atoms with Gasteiger partial charge < -0.3 is 10.6 Å². The van der Waals surface area contributed by atoms with Crippen molar-refractivity contribution in [2.45, 2.75) is 13.8 Å². The minimum atomic E-state index is 0.0168. The molecule has 0 atom stereocenters. The molecule has 0 aliphatic carbocycles. The van der Waals surface area contributed by atoms with Crippen LogP contribution in [-0.2, 0) is 0 Å². The Labute approximate surface area is 101 Å². The highest BCUT2D eigenvalue weighted by molar-refractivity contribution is 7.80. The quantitative estimate of drug-likeness (QED) is 0.811. The molecule has 0 heterocycles. The molecule has 0 unspecified atom stereocenters. The maximum Gasteiger partial charge on any atom is 0.253 e. The van der Waals surface area contributed by atoms with Crippen molar-refractivity contribution in [3.63, 3.8) is 0 Å². The van der Waals surface area contributed by atoms with Crippen molar-refractivity contribution in [3.8, 4) is 0 Å². The van der Waals surface area contributed by atoms with Crippen molar-refractivity contribution in [3.05, 3.63) is 35.4 Å². The largest absolute Gasteiger partial charge is 0.389 e. The van der Waals surface area contributed by atoms with E-state index in [0.717, 1.165) is 5.56 Å². The van der Waals surface area contributed by atoms with E-state index in [2.05, 4.69) is 0 Å². The predicted octanol–water partition coefficient (Wildman–Crippen LogP) is 1.80. The number of nitrogens with two attached hydrogens (primary N) is 1. The van der Waals surface area contributed by atoms with Crippen LogP contribution in [0.2, 0.25) is 0 Å². The first-order valence-electron chi connectivity index (χ1n) is 5.29. The van der Waals surface area contributed by atoms with E-state index in [0.29, 0.717) is 23.6 Å². The van der Waals surface area contributed by atoms with Crippen molar-refractivity contribution in [2.75, 3.05) is 13.1 Å². The summed E-state index contributed by atoms with van der Waals surface area (Å²) in [4.78, 5) is 14.1. The van der Waals surface area contributed by atoms with Gasteiger partial charge in [-0.3, -0.25) is 4.79 Å². The van der Waals surface area contributed by atoms with E-state index in [9.17, 15) is 4.79 Å². The van der Waals surface area contributed by atoms with Gasteiger partial charge in [-0.1, -0.05) is 24.4 Å². The molecular weight excluding hydrogens is 220 g/mol. The van der Waals surface area contributed by atoms with Crippen LogP contribution in [0.25, 0.3) is 0 Å². The fraction of sp³-hybridized carbons (Fsp3) is 0.333. The summed E-state index contributed by atoms with van der Waals surface area (Å²) in [5.41, 5.74) is 6.89. The highest BCUT2D eigenvalue weighted by atomic mass is 32.1. The molecule has 0 spiro atoms. The second-order valence-electron chi connectivity index (χ2n) is 3.42. The van der Waals surface area contributed by atoms with E-state index in [1.807, 2.05) is 13.8 Å². The van der Waals surface area contributed by atoms with Crippen LogP contribution in [0.3, 0.4) is 0 Å². The van der Waals surface area contributed by atoms with Crippen LogP contribution in [0.1, 0.15) is 29.8 Å². The summed E-state index contributed by atoms with van der Waals surface area (Å²) in [7, 11) is 0. The van der Waals surface area contributed by atoms with Gasteiger partial charge in [0.15, 0.2) is 0 Å². The maximum atomic E-state index is 12.0. The third-order valence-corrected chi connectivity index (χ3v) is 2.68. The molecule has 0 radical (unpaired) electrons. The zero-order valence-electron chi connectivity index (χ0n) is 9.56. The molecule has 0 aromatic heterocycles. The molecular formula is C12H16N2OS. The summed E-state index contributed by atoms with van der Waals surface area (Å²) >= 11 is 4.88. The Hall–Kier alpha value is -1.42. The van der Waals surface area contributed by atoms with Crippen molar-refractivity contribution in [2.24, 2.45) is 5.73 Å². The third-order valence-electron chi connectivity index (χ3n) is 2.44. The molecule has 0 aliphatic rings. The van der Waals surface area contributed by atoms with E-state index in [-0.39, 0.29) is 5.91 Å². The van der Waals surface area contributed by atoms with Gasteiger partial charge in [0.1, 0.15) is 4.99 Å². The summed E-state index contributed by atoms with van der Waals surface area (Å²) in [6.45, 7) is 5.32. The van der Waals surface area contributed by atoms with Gasteiger partial charge in [0.2, 0.25) is 0 Å². The fourth-order valence-corrected chi connectivity index (χ4v) is 1.63. The van der Waals surface area contributed by atoms with Gasteiger partial charge in [-0.2, -0.15) is 0 Å². The average molecular weight is 236 g/mol. The van der Waals surface area contributed by atoms with Gasteiger partial charge in [-0.05, 0) is 26.0 Å². The molecule has 0 aliphatic heterocycles. The second-order valence-corrected chi connectivity index (χ2v) is 3.86. The third kappa shape index (κ3) is 2.79. The van der Waals surface area contributed by atoms with Crippen molar-refractivity contribution in [1.82, 2.24) is 4.90 Å². The van der Waals surface area contributed by atoms with Gasteiger partial charge >= 0.3 is 0 Å². The van der Waals surface area contributed by atoms with Crippen LogP contribution in [0.5, 0.6) is 0 Å². The van der Waals surface area contributed by atoms with Crippen molar-refractivity contribution >= 4 is 23.1 Å². The molecule has 0 saturated heterocycles. The Balaban J connectivity index is 3.00. The van der Waals surface area contributed by atoms with Crippen LogP contribution in [0, 0.1) is 0 Å². The fourth-order valence-electron chi connectivity index (χ4n) is 1.50. The van der Waals surface area contributed by atoms with Gasteiger partial charge in [0, 0.05) is 24.2 Å². The summed E-state index contributed by atoms with van der Waals surface area (Å²) in [6.07, 6.45) is 0. The lowest BCUT2D eigenvalue weighted by Gasteiger charge is -2.18. The Morgan fingerprint density at radius 1 is 1.31 bits per heavy atom. The molecule has 16 heavy (non-hydrogen) atoms. The monoisotopic (exact) mass is 236 g/mol. The number of hydrogen-bond donors (Lipinski definition) is 1. The molecule has 1 amide bonds. The predicted molar refractivity (Wildman–Crippen MR) is 69.6 cm³/mol. The highest BCUT2D eigenvalue weighted by Gasteiger charge is 2.12. The summed E-state index contributed by atoms with van der Waals surface area (Å²) in [5, 5.41) is 0. The summed E-state index contributed by atoms with van der Waals surface area (Å²) in [6, 6.07) is 7.12. The Morgan fingerprint density at radius 2 is 1.88 bits per heavy atom. The minimum absolute atomic E-state index is 0.0168. The number of nitrogens with zero attached hydrogens (tertiary/aromatic N) is 1. The molecule has 1 aromatic rings. The smallest absolute Gasteiger partial charge is 0.253 e. The molecule has 0 saturated carbocycles. The molecule has 0 bridgehead atoms. The van der Waals surface area contributed by atoms with Crippen molar-refractivity contribution in [1.29, 1.82) is 0 Å². The highest BCUT2D eigenvalue weighted by Crippen LogP contribution is 2.08. The maximum absolute atomic E-state index is 12.0. The number of hydrogen-bond acceptors (Lipinski definition) is 2. The first-order valence-corrected chi connectivity index (χ1v) is 5.70. The Kier molecular flexibility index (Phi) is 4.43.